The average Bonchev–Trinajstić information content (AvgIpc) is 2.65. The number of carboxylic acids is 1. The van der Waals surface area contributed by atoms with Crippen LogP contribution < -0.4 is 0 Å². The Labute approximate surface area is 104 Å². The number of fused-ring (bicyclic) bond motifs is 1. The molecular formula is C13H15NO4. The molecule has 1 aromatic carbocycles. The van der Waals surface area contributed by atoms with E-state index in [1.54, 1.807) is 22.8 Å². The lowest BCUT2D eigenvalue weighted by Crippen LogP contribution is -2.16. The van der Waals surface area contributed by atoms with Crippen LogP contribution in [0, 0.1) is 0 Å². The lowest BCUT2D eigenvalue weighted by Gasteiger charge is -2.16. The number of carboxylic acid groups (broad SMARTS) is 1. The molecule has 2 rings (SSSR count). The quantitative estimate of drug-likeness (QED) is 0.777. The van der Waals surface area contributed by atoms with Gasteiger partial charge in [0.15, 0.2) is 6.10 Å². The Kier molecular flexibility index (Phi) is 3.00. The molecule has 3 N–H and O–H groups in total. The fraction of sp³-hybridized carbons (Fsp3) is 0.308. The summed E-state index contributed by atoms with van der Waals surface area (Å²) < 4.78 is 1.72. The summed E-state index contributed by atoms with van der Waals surface area (Å²) in [6, 6.07) is 6.40. The second-order valence-corrected chi connectivity index (χ2v) is 4.52. The first kappa shape index (κ1) is 12.4. The predicted molar refractivity (Wildman–Crippen MR) is 66.6 cm³/mol. The van der Waals surface area contributed by atoms with Crippen LogP contribution >= 0.6 is 0 Å². The molecule has 2 aromatic rings. The third kappa shape index (κ3) is 1.93. The molecular weight excluding hydrogens is 234 g/mol. The van der Waals surface area contributed by atoms with Crippen LogP contribution in [0.25, 0.3) is 10.9 Å². The van der Waals surface area contributed by atoms with Gasteiger partial charge in [0.2, 0.25) is 0 Å². The van der Waals surface area contributed by atoms with Gasteiger partial charge in [-0.2, -0.15) is 0 Å². The number of nitrogens with zero attached hydrogens (tertiary/aromatic N) is 1. The maximum absolute atomic E-state index is 10.9. The highest BCUT2D eigenvalue weighted by Gasteiger charge is 2.23. The van der Waals surface area contributed by atoms with E-state index in [0.717, 1.165) is 5.39 Å². The van der Waals surface area contributed by atoms with Gasteiger partial charge in [-0.25, -0.2) is 4.79 Å². The van der Waals surface area contributed by atoms with Crippen LogP contribution in [-0.2, 0) is 4.79 Å². The normalized spacial score (nSPS) is 13.1. The number of hydrogen-bond acceptors (Lipinski definition) is 3. The molecule has 0 saturated carbocycles. The Morgan fingerprint density at radius 3 is 2.50 bits per heavy atom. The van der Waals surface area contributed by atoms with Crippen LogP contribution in [0.2, 0.25) is 0 Å². The Bertz CT molecular complexity index is 600. The van der Waals surface area contributed by atoms with Crippen molar-refractivity contribution >= 4 is 16.9 Å². The van der Waals surface area contributed by atoms with Crippen molar-refractivity contribution in [3.8, 4) is 5.75 Å². The second kappa shape index (κ2) is 4.34. The van der Waals surface area contributed by atoms with Gasteiger partial charge in [-0.05, 0) is 32.0 Å². The number of phenols is 1. The number of carbonyl (C=O) groups is 1. The number of phenolic OH excluding ortho intramolecular Hbond substituents is 1. The van der Waals surface area contributed by atoms with Crippen LogP contribution in [0.3, 0.4) is 0 Å². The molecule has 0 aliphatic heterocycles. The maximum atomic E-state index is 10.9. The van der Waals surface area contributed by atoms with E-state index in [4.69, 9.17) is 5.11 Å². The van der Waals surface area contributed by atoms with Crippen molar-refractivity contribution in [1.29, 1.82) is 0 Å². The molecule has 0 fully saturated rings. The van der Waals surface area contributed by atoms with E-state index in [1.807, 2.05) is 13.8 Å². The SMILES string of the molecule is CC(C)n1c(C(O)C(=O)O)cc2ccc(O)cc21. The zero-order valence-electron chi connectivity index (χ0n) is 10.2. The minimum absolute atomic E-state index is 0.0201. The van der Waals surface area contributed by atoms with Crippen molar-refractivity contribution in [1.82, 2.24) is 4.57 Å². The fourth-order valence-electron chi connectivity index (χ4n) is 2.14. The first-order chi connectivity index (χ1) is 8.41. The lowest BCUT2D eigenvalue weighted by molar-refractivity contribution is -0.147. The molecule has 1 aromatic heterocycles. The fourth-order valence-corrected chi connectivity index (χ4v) is 2.14. The summed E-state index contributed by atoms with van der Waals surface area (Å²) in [6.07, 6.45) is -1.57. The zero-order valence-corrected chi connectivity index (χ0v) is 10.2. The summed E-state index contributed by atoms with van der Waals surface area (Å²) in [5, 5.41) is 28.9. The van der Waals surface area contributed by atoms with Crippen LogP contribution in [0.5, 0.6) is 5.75 Å². The highest BCUT2D eigenvalue weighted by molar-refractivity contribution is 5.85. The molecule has 5 heteroatoms. The maximum Gasteiger partial charge on any atom is 0.338 e. The van der Waals surface area contributed by atoms with Crippen LogP contribution in [0.1, 0.15) is 31.7 Å². The molecule has 0 amide bonds. The van der Waals surface area contributed by atoms with Gasteiger partial charge in [0.05, 0.1) is 11.2 Å². The summed E-state index contributed by atoms with van der Waals surface area (Å²) in [7, 11) is 0. The van der Waals surface area contributed by atoms with Gasteiger partial charge in [0, 0.05) is 17.5 Å². The number of aliphatic carboxylic acids is 1. The van der Waals surface area contributed by atoms with E-state index in [0.29, 0.717) is 11.2 Å². The monoisotopic (exact) mass is 249 g/mol. The summed E-state index contributed by atoms with van der Waals surface area (Å²) in [5.41, 5.74) is 1.03. The molecule has 0 radical (unpaired) electrons. The number of aromatic nitrogens is 1. The van der Waals surface area contributed by atoms with Gasteiger partial charge in [-0.1, -0.05) is 0 Å². The summed E-state index contributed by atoms with van der Waals surface area (Å²) in [5.74, 6) is -1.18. The molecule has 96 valence electrons. The first-order valence-electron chi connectivity index (χ1n) is 5.66. The Morgan fingerprint density at radius 2 is 1.94 bits per heavy atom. The lowest BCUT2D eigenvalue weighted by atomic mass is 10.2. The van der Waals surface area contributed by atoms with Crippen molar-refractivity contribution in [3.63, 3.8) is 0 Å². The smallest absolute Gasteiger partial charge is 0.338 e. The third-order valence-electron chi connectivity index (χ3n) is 2.89. The minimum Gasteiger partial charge on any atom is -0.508 e. The van der Waals surface area contributed by atoms with Gasteiger partial charge < -0.3 is 19.9 Å². The summed E-state index contributed by atoms with van der Waals surface area (Å²) in [4.78, 5) is 10.9. The highest BCUT2D eigenvalue weighted by atomic mass is 16.4. The van der Waals surface area contributed by atoms with Crippen molar-refractivity contribution in [3.05, 3.63) is 30.0 Å². The molecule has 0 spiro atoms. The molecule has 1 heterocycles. The Balaban J connectivity index is 2.73. The standard InChI is InChI=1S/C13H15NO4/c1-7(2)14-10-6-9(15)4-3-8(10)5-11(14)12(16)13(17)18/h3-7,12,15-16H,1-2H3,(H,17,18). The molecule has 0 aliphatic carbocycles. The third-order valence-corrected chi connectivity index (χ3v) is 2.89. The van der Waals surface area contributed by atoms with E-state index in [2.05, 4.69) is 0 Å². The number of aromatic hydroxyl groups is 1. The molecule has 0 aliphatic rings. The van der Waals surface area contributed by atoms with Crippen LogP contribution in [0.15, 0.2) is 24.3 Å². The van der Waals surface area contributed by atoms with Gasteiger partial charge in [-0.3, -0.25) is 0 Å². The summed E-state index contributed by atoms with van der Waals surface area (Å²) in [6.45, 7) is 3.78. The van der Waals surface area contributed by atoms with Gasteiger partial charge in [-0.15, -0.1) is 0 Å². The molecule has 0 saturated heterocycles. The van der Waals surface area contributed by atoms with Gasteiger partial charge >= 0.3 is 5.97 Å². The number of aliphatic hydroxyl groups is 1. The van der Waals surface area contributed by atoms with Crippen molar-refractivity contribution < 1.29 is 20.1 Å². The molecule has 0 bridgehead atoms. The second-order valence-electron chi connectivity index (χ2n) is 4.52. The van der Waals surface area contributed by atoms with E-state index in [1.165, 1.54) is 6.07 Å². The first-order valence-corrected chi connectivity index (χ1v) is 5.66. The van der Waals surface area contributed by atoms with Gasteiger partial charge in [0.1, 0.15) is 5.75 Å². The van der Waals surface area contributed by atoms with E-state index in [9.17, 15) is 15.0 Å². The Morgan fingerprint density at radius 1 is 1.28 bits per heavy atom. The predicted octanol–water partition coefficient (Wildman–Crippen LogP) is 2.05. The molecule has 1 atom stereocenters. The largest absolute Gasteiger partial charge is 0.508 e. The zero-order chi connectivity index (χ0) is 13.4. The van der Waals surface area contributed by atoms with E-state index in [-0.39, 0.29) is 11.8 Å². The molecule has 18 heavy (non-hydrogen) atoms. The van der Waals surface area contributed by atoms with Crippen LogP contribution in [-0.4, -0.2) is 25.9 Å². The van der Waals surface area contributed by atoms with Crippen molar-refractivity contribution in [2.75, 3.05) is 0 Å². The molecule has 1 unspecified atom stereocenters. The number of rotatable bonds is 3. The van der Waals surface area contributed by atoms with Crippen molar-refractivity contribution in [2.24, 2.45) is 0 Å². The number of hydrogen-bond donors (Lipinski definition) is 3. The van der Waals surface area contributed by atoms with Crippen LogP contribution in [0.4, 0.5) is 0 Å². The van der Waals surface area contributed by atoms with Gasteiger partial charge in [0.25, 0.3) is 0 Å². The summed E-state index contributed by atoms with van der Waals surface area (Å²) >= 11 is 0. The minimum atomic E-state index is -1.57. The highest BCUT2D eigenvalue weighted by Crippen LogP contribution is 2.30. The topological polar surface area (TPSA) is 82.7 Å². The van der Waals surface area contributed by atoms with E-state index >= 15 is 0 Å². The van der Waals surface area contributed by atoms with E-state index < -0.39 is 12.1 Å². The molecule has 5 nitrogen and oxygen atoms in total. The Hall–Kier alpha value is -2.01. The average molecular weight is 249 g/mol. The van der Waals surface area contributed by atoms with Crippen molar-refractivity contribution in [2.45, 2.75) is 26.0 Å². The number of aliphatic hydroxyl groups excluding tert-OH is 1. The number of benzene rings is 1.